The van der Waals surface area contributed by atoms with Crippen LogP contribution in [0.15, 0.2) is 29.2 Å². The van der Waals surface area contributed by atoms with E-state index in [9.17, 15) is 8.42 Å². The van der Waals surface area contributed by atoms with Gasteiger partial charge in [-0.05, 0) is 51.2 Å². The summed E-state index contributed by atoms with van der Waals surface area (Å²) in [6, 6.07) is 8.65. The molecule has 1 N–H and O–H groups in total. The molecule has 1 aliphatic rings. The summed E-state index contributed by atoms with van der Waals surface area (Å²) in [7, 11) is -1.35. The summed E-state index contributed by atoms with van der Waals surface area (Å²) in [4.78, 5) is 2.37. The quantitative estimate of drug-likeness (QED) is 0.879. The van der Waals surface area contributed by atoms with Gasteiger partial charge in [0.2, 0.25) is 0 Å². The Hall–Kier alpha value is -1.42. The summed E-state index contributed by atoms with van der Waals surface area (Å²) in [5, 5.41) is 12.2. The predicted molar refractivity (Wildman–Crippen MR) is 81.7 cm³/mol. The Morgan fingerprint density at radius 1 is 1.38 bits per heavy atom. The first-order valence-corrected chi connectivity index (χ1v) is 8.82. The van der Waals surface area contributed by atoms with Gasteiger partial charge in [-0.3, -0.25) is 0 Å². The smallest absolute Gasteiger partial charge is 0.179 e. The van der Waals surface area contributed by atoms with E-state index < -0.39 is 9.84 Å². The maximum Gasteiger partial charge on any atom is 0.179 e. The highest BCUT2D eigenvalue weighted by Crippen LogP contribution is 2.15. The number of piperidine rings is 1. The molecule has 1 aliphatic heterocycles. The molecule has 6 heteroatoms. The van der Waals surface area contributed by atoms with E-state index >= 15 is 0 Å². The molecule has 0 unspecified atom stereocenters. The third-order valence-electron chi connectivity index (χ3n) is 3.97. The number of rotatable bonds is 5. The van der Waals surface area contributed by atoms with Crippen molar-refractivity contribution < 1.29 is 8.42 Å². The van der Waals surface area contributed by atoms with Crippen LogP contribution in [-0.2, 0) is 9.84 Å². The van der Waals surface area contributed by atoms with Gasteiger partial charge in [0.05, 0.1) is 22.3 Å². The molecule has 0 saturated carbocycles. The van der Waals surface area contributed by atoms with Gasteiger partial charge in [-0.15, -0.1) is 0 Å². The first kappa shape index (κ1) is 16.0. The second kappa shape index (κ2) is 7.03. The third-order valence-corrected chi connectivity index (χ3v) is 5.66. The van der Waals surface area contributed by atoms with Crippen molar-refractivity contribution in [3.05, 3.63) is 29.8 Å². The summed E-state index contributed by atoms with van der Waals surface area (Å²) in [6.07, 6.45) is 2.11. The molecular weight excluding hydrogens is 286 g/mol. The topological polar surface area (TPSA) is 73.2 Å². The Kier molecular flexibility index (Phi) is 5.34. The largest absolute Gasteiger partial charge is 0.317 e. The molecule has 0 atom stereocenters. The van der Waals surface area contributed by atoms with Crippen molar-refractivity contribution >= 4 is 9.84 Å². The van der Waals surface area contributed by atoms with Crippen LogP contribution in [0, 0.1) is 11.3 Å². The fourth-order valence-electron chi connectivity index (χ4n) is 2.57. The van der Waals surface area contributed by atoms with Crippen molar-refractivity contribution in [2.45, 2.75) is 23.8 Å². The molecule has 5 nitrogen and oxygen atoms in total. The molecule has 114 valence electrons. The first-order valence-electron chi connectivity index (χ1n) is 7.17. The number of nitrogens with zero attached hydrogens (tertiary/aromatic N) is 2. The number of hydrogen-bond donors (Lipinski definition) is 1. The molecule has 1 aromatic carbocycles. The molecule has 21 heavy (non-hydrogen) atoms. The number of hydrogen-bond acceptors (Lipinski definition) is 5. The maximum absolute atomic E-state index is 12.3. The van der Waals surface area contributed by atoms with Gasteiger partial charge < -0.3 is 10.2 Å². The lowest BCUT2D eigenvalue weighted by molar-refractivity contribution is 0.209. The minimum atomic E-state index is -3.34. The molecule has 2 rings (SSSR count). The van der Waals surface area contributed by atoms with Crippen LogP contribution >= 0.6 is 0 Å². The number of nitrogens with one attached hydrogen (secondary N) is 1. The van der Waals surface area contributed by atoms with Crippen LogP contribution < -0.4 is 5.32 Å². The fraction of sp³-hybridized carbons (Fsp3) is 0.533. The lowest BCUT2D eigenvalue weighted by Gasteiger charge is -2.31. The summed E-state index contributed by atoms with van der Waals surface area (Å²) < 4.78 is 24.7. The van der Waals surface area contributed by atoms with Gasteiger partial charge in [0.1, 0.15) is 0 Å². The second-order valence-electron chi connectivity index (χ2n) is 5.42. The number of nitriles is 1. The molecule has 0 aromatic heterocycles. The van der Waals surface area contributed by atoms with E-state index in [0.29, 0.717) is 18.2 Å². The van der Waals surface area contributed by atoms with E-state index in [4.69, 9.17) is 5.26 Å². The van der Waals surface area contributed by atoms with Gasteiger partial charge >= 0.3 is 0 Å². The van der Waals surface area contributed by atoms with Gasteiger partial charge in [0.25, 0.3) is 0 Å². The molecule has 0 spiro atoms. The molecule has 0 amide bonds. The highest BCUT2D eigenvalue weighted by molar-refractivity contribution is 7.91. The SMILES string of the molecule is CN(CCS(=O)(=O)c1cccc(C#N)c1)C1CCNCC1. The summed E-state index contributed by atoms with van der Waals surface area (Å²) >= 11 is 0. The first-order chi connectivity index (χ1) is 10.0. The monoisotopic (exact) mass is 307 g/mol. The molecule has 1 fully saturated rings. The van der Waals surface area contributed by atoms with Crippen LogP contribution in [0.2, 0.25) is 0 Å². The summed E-state index contributed by atoms with van der Waals surface area (Å²) in [5.74, 6) is 0.0856. The lowest BCUT2D eigenvalue weighted by atomic mass is 10.1. The van der Waals surface area contributed by atoms with Crippen molar-refractivity contribution in [1.29, 1.82) is 5.26 Å². The van der Waals surface area contributed by atoms with Crippen LogP contribution in [-0.4, -0.2) is 51.8 Å². The average Bonchev–Trinajstić information content (AvgIpc) is 2.53. The molecule has 0 aliphatic carbocycles. The Labute approximate surface area is 126 Å². The van der Waals surface area contributed by atoms with Crippen molar-refractivity contribution in [1.82, 2.24) is 10.2 Å². The Morgan fingerprint density at radius 3 is 2.76 bits per heavy atom. The van der Waals surface area contributed by atoms with Crippen molar-refractivity contribution in [3.8, 4) is 6.07 Å². The molecule has 0 bridgehead atoms. The third kappa shape index (κ3) is 4.27. The molecule has 1 aromatic rings. The molecule has 0 radical (unpaired) electrons. The van der Waals surface area contributed by atoms with Gasteiger partial charge in [-0.25, -0.2) is 8.42 Å². The normalized spacial score (nSPS) is 16.8. The Bertz CT molecular complexity index is 616. The Morgan fingerprint density at radius 2 is 2.10 bits per heavy atom. The van der Waals surface area contributed by atoms with Crippen LogP contribution in [0.25, 0.3) is 0 Å². The highest BCUT2D eigenvalue weighted by atomic mass is 32.2. The molecule has 1 heterocycles. The van der Waals surface area contributed by atoms with Crippen molar-refractivity contribution in [3.63, 3.8) is 0 Å². The number of benzene rings is 1. The van der Waals surface area contributed by atoms with Gasteiger partial charge in [0.15, 0.2) is 9.84 Å². The van der Waals surface area contributed by atoms with E-state index in [2.05, 4.69) is 10.2 Å². The van der Waals surface area contributed by atoms with Crippen LogP contribution in [0.4, 0.5) is 0 Å². The van der Waals surface area contributed by atoms with E-state index in [-0.39, 0.29) is 10.6 Å². The standard InChI is InChI=1S/C15H21N3O2S/c1-18(14-5-7-17-8-6-14)9-10-21(19,20)15-4-2-3-13(11-15)12-16/h2-4,11,14,17H,5-10H2,1H3. The molecule has 1 saturated heterocycles. The minimum Gasteiger partial charge on any atom is -0.317 e. The van der Waals surface area contributed by atoms with Crippen LogP contribution in [0.5, 0.6) is 0 Å². The Balaban J connectivity index is 1.99. The lowest BCUT2D eigenvalue weighted by Crippen LogP contribution is -2.42. The predicted octanol–water partition coefficient (Wildman–Crippen LogP) is 1.02. The van der Waals surface area contributed by atoms with E-state index in [1.807, 2.05) is 13.1 Å². The summed E-state index contributed by atoms with van der Waals surface area (Å²) in [6.45, 7) is 2.50. The average molecular weight is 307 g/mol. The second-order valence-corrected chi connectivity index (χ2v) is 7.53. The highest BCUT2D eigenvalue weighted by Gasteiger charge is 2.21. The van der Waals surface area contributed by atoms with Crippen molar-refractivity contribution in [2.75, 3.05) is 32.4 Å². The van der Waals surface area contributed by atoms with Crippen molar-refractivity contribution in [2.24, 2.45) is 0 Å². The van der Waals surface area contributed by atoms with Crippen LogP contribution in [0.3, 0.4) is 0 Å². The fourth-order valence-corrected chi connectivity index (χ4v) is 3.93. The zero-order chi connectivity index (χ0) is 15.3. The van der Waals surface area contributed by atoms with Crippen LogP contribution in [0.1, 0.15) is 18.4 Å². The zero-order valence-electron chi connectivity index (χ0n) is 12.2. The van der Waals surface area contributed by atoms with Gasteiger partial charge in [-0.1, -0.05) is 6.07 Å². The van der Waals surface area contributed by atoms with Gasteiger partial charge in [0, 0.05) is 12.6 Å². The summed E-state index contributed by atoms with van der Waals surface area (Å²) in [5.41, 5.74) is 0.378. The van der Waals surface area contributed by atoms with Gasteiger partial charge in [-0.2, -0.15) is 5.26 Å². The molecular formula is C15H21N3O2S. The number of sulfone groups is 1. The maximum atomic E-state index is 12.3. The van der Waals surface area contributed by atoms with E-state index in [0.717, 1.165) is 25.9 Å². The zero-order valence-corrected chi connectivity index (χ0v) is 13.1. The van der Waals surface area contributed by atoms with E-state index in [1.165, 1.54) is 6.07 Å². The minimum absolute atomic E-state index is 0.0856. The van der Waals surface area contributed by atoms with E-state index in [1.54, 1.807) is 18.2 Å².